The van der Waals surface area contributed by atoms with Crippen molar-refractivity contribution in [1.82, 2.24) is 0 Å². The Balaban J connectivity index is 1.68. The van der Waals surface area contributed by atoms with Gasteiger partial charge in [0.25, 0.3) is 0 Å². The first-order chi connectivity index (χ1) is 10.9. The van der Waals surface area contributed by atoms with Gasteiger partial charge in [-0.1, -0.05) is 31.9 Å². The number of carboxylic acids is 1. The van der Waals surface area contributed by atoms with Crippen molar-refractivity contribution in [2.45, 2.75) is 16.1 Å². The van der Waals surface area contributed by atoms with E-state index in [0.717, 1.165) is 6.42 Å². The number of carbonyl (C=O) groups excluding carboxylic acids is 2. The Hall–Kier alpha value is -1.21. The largest absolute Gasteiger partial charge is 0.478 e. The maximum atomic E-state index is 12.8. The Labute approximate surface area is 149 Å². The van der Waals surface area contributed by atoms with Gasteiger partial charge in [0.1, 0.15) is 0 Å². The maximum absolute atomic E-state index is 12.8. The van der Waals surface area contributed by atoms with Crippen molar-refractivity contribution < 1.29 is 19.5 Å². The van der Waals surface area contributed by atoms with Crippen molar-refractivity contribution in [3.63, 3.8) is 0 Å². The number of halogens is 2. The van der Waals surface area contributed by atoms with Crippen LogP contribution in [0.4, 0.5) is 5.69 Å². The molecule has 0 radical (unpaired) electrons. The van der Waals surface area contributed by atoms with Gasteiger partial charge in [-0.25, -0.2) is 4.79 Å². The van der Waals surface area contributed by atoms with Crippen LogP contribution in [0.1, 0.15) is 16.8 Å². The molecule has 2 unspecified atom stereocenters. The zero-order valence-corrected chi connectivity index (χ0v) is 15.0. The standard InChI is InChI=1S/C16H13Br2NO4/c17-12-8-5-9(13(12)18)11-10(8)14(20)19(15(11)21)7-3-1-6(2-4-7)16(22)23/h1-4,8-13H,5H2,(H,22,23)/t8-,9+,10+,11-,12?,13?. The molecule has 23 heavy (non-hydrogen) atoms. The molecule has 4 rings (SSSR count). The third-order valence-corrected chi connectivity index (χ3v) is 8.57. The van der Waals surface area contributed by atoms with Crippen molar-refractivity contribution >= 4 is 55.3 Å². The maximum Gasteiger partial charge on any atom is 0.335 e. The SMILES string of the molecule is O=C(O)c1ccc(N2C(=O)[C@@H]3[C@H](C2=O)[C@@H]2C[C@H]3C(Br)C2Br)cc1. The van der Waals surface area contributed by atoms with Gasteiger partial charge < -0.3 is 5.11 Å². The summed E-state index contributed by atoms with van der Waals surface area (Å²) in [6.45, 7) is 0. The lowest BCUT2D eigenvalue weighted by Crippen LogP contribution is -2.37. The Morgan fingerprint density at radius 3 is 1.91 bits per heavy atom. The monoisotopic (exact) mass is 441 g/mol. The third kappa shape index (κ3) is 1.99. The van der Waals surface area contributed by atoms with Gasteiger partial charge in [-0.2, -0.15) is 0 Å². The smallest absolute Gasteiger partial charge is 0.335 e. The molecular formula is C16H13Br2NO4. The number of aromatic carboxylic acids is 1. The summed E-state index contributed by atoms with van der Waals surface area (Å²) in [5.41, 5.74) is 0.588. The van der Waals surface area contributed by atoms with Crippen molar-refractivity contribution in [2.24, 2.45) is 23.7 Å². The highest BCUT2D eigenvalue weighted by Crippen LogP contribution is 2.60. The first-order valence-corrected chi connectivity index (χ1v) is 9.24. The molecule has 1 aromatic carbocycles. The lowest BCUT2D eigenvalue weighted by atomic mass is 9.81. The minimum atomic E-state index is -1.03. The minimum Gasteiger partial charge on any atom is -0.478 e. The molecule has 2 amide bonds. The Kier molecular flexibility index (Phi) is 3.43. The average Bonchev–Trinajstić information content (AvgIpc) is 3.12. The minimum absolute atomic E-state index is 0.133. The van der Waals surface area contributed by atoms with Gasteiger partial charge in [0.15, 0.2) is 0 Å². The Morgan fingerprint density at radius 2 is 1.48 bits per heavy atom. The van der Waals surface area contributed by atoms with Crippen LogP contribution in [-0.2, 0) is 9.59 Å². The second kappa shape index (κ2) is 5.14. The van der Waals surface area contributed by atoms with Crippen molar-refractivity contribution in [2.75, 3.05) is 4.90 Å². The van der Waals surface area contributed by atoms with Crippen LogP contribution in [0.25, 0.3) is 0 Å². The molecule has 2 saturated carbocycles. The van der Waals surface area contributed by atoms with Crippen molar-refractivity contribution in [1.29, 1.82) is 0 Å². The lowest BCUT2D eigenvalue weighted by molar-refractivity contribution is -0.123. The molecule has 5 nitrogen and oxygen atoms in total. The molecule has 1 heterocycles. The fourth-order valence-electron chi connectivity index (χ4n) is 4.36. The van der Waals surface area contributed by atoms with Crippen LogP contribution < -0.4 is 4.90 Å². The Bertz CT molecular complexity index is 687. The van der Waals surface area contributed by atoms with Crippen molar-refractivity contribution in [3.05, 3.63) is 29.8 Å². The number of anilines is 1. The summed E-state index contributed by atoms with van der Waals surface area (Å²) in [5.74, 6) is -1.51. The summed E-state index contributed by atoms with van der Waals surface area (Å²) in [4.78, 5) is 38.2. The summed E-state index contributed by atoms with van der Waals surface area (Å²) < 4.78 is 0. The number of hydrogen-bond donors (Lipinski definition) is 1. The molecule has 6 atom stereocenters. The molecule has 2 aliphatic carbocycles. The highest BCUT2D eigenvalue weighted by Gasteiger charge is 2.66. The number of alkyl halides is 2. The van der Waals surface area contributed by atoms with E-state index < -0.39 is 5.97 Å². The van der Waals surface area contributed by atoms with E-state index in [9.17, 15) is 14.4 Å². The van der Waals surface area contributed by atoms with Gasteiger partial charge in [0.2, 0.25) is 11.8 Å². The van der Waals surface area contributed by atoms with Gasteiger partial charge >= 0.3 is 5.97 Å². The van der Waals surface area contributed by atoms with Crippen LogP contribution in [-0.4, -0.2) is 32.5 Å². The van der Waals surface area contributed by atoms with Gasteiger partial charge in [-0.15, -0.1) is 0 Å². The molecule has 3 fully saturated rings. The quantitative estimate of drug-likeness (QED) is 0.564. The summed E-state index contributed by atoms with van der Waals surface area (Å²) in [7, 11) is 0. The third-order valence-electron chi connectivity index (χ3n) is 5.36. The van der Waals surface area contributed by atoms with Crippen molar-refractivity contribution in [3.8, 4) is 0 Å². The topological polar surface area (TPSA) is 74.7 Å². The first kappa shape index (κ1) is 15.3. The van der Waals surface area contributed by atoms with Crippen LogP contribution >= 0.6 is 31.9 Å². The number of hydrogen-bond acceptors (Lipinski definition) is 3. The molecular weight excluding hydrogens is 430 g/mol. The molecule has 1 aliphatic heterocycles. The highest BCUT2D eigenvalue weighted by molar-refractivity contribution is 9.12. The molecule has 120 valence electrons. The molecule has 1 N–H and O–H groups in total. The summed E-state index contributed by atoms with van der Waals surface area (Å²) in [6.07, 6.45) is 0.893. The van der Waals surface area contributed by atoms with E-state index in [-0.39, 0.29) is 50.7 Å². The molecule has 1 aromatic rings. The zero-order chi connectivity index (χ0) is 16.5. The van der Waals surface area contributed by atoms with Crippen LogP contribution in [0, 0.1) is 23.7 Å². The molecule has 1 saturated heterocycles. The van der Waals surface area contributed by atoms with E-state index in [4.69, 9.17) is 5.11 Å². The van der Waals surface area contributed by atoms with Gasteiger partial charge in [-0.05, 0) is 42.5 Å². The van der Waals surface area contributed by atoms with E-state index in [1.165, 1.54) is 29.2 Å². The van der Waals surface area contributed by atoms with Gasteiger partial charge in [0, 0.05) is 9.65 Å². The Morgan fingerprint density at radius 1 is 1.00 bits per heavy atom. The van der Waals surface area contributed by atoms with E-state index in [1.807, 2.05) is 0 Å². The van der Waals surface area contributed by atoms with Crippen LogP contribution in [0.5, 0.6) is 0 Å². The van der Waals surface area contributed by atoms with Gasteiger partial charge in [0.05, 0.1) is 23.1 Å². The van der Waals surface area contributed by atoms with E-state index in [2.05, 4.69) is 31.9 Å². The number of benzene rings is 1. The second-order valence-corrected chi connectivity index (χ2v) is 8.48. The van der Waals surface area contributed by atoms with E-state index >= 15 is 0 Å². The van der Waals surface area contributed by atoms with E-state index in [1.54, 1.807) is 0 Å². The van der Waals surface area contributed by atoms with Crippen LogP contribution in [0.15, 0.2) is 24.3 Å². The number of amides is 2. The predicted molar refractivity (Wildman–Crippen MR) is 89.9 cm³/mol. The summed E-state index contributed by atoms with van der Waals surface area (Å²) in [6, 6.07) is 5.89. The lowest BCUT2D eigenvalue weighted by Gasteiger charge is -2.28. The summed E-state index contributed by atoms with van der Waals surface area (Å²) >= 11 is 7.30. The predicted octanol–water partition coefficient (Wildman–Crippen LogP) is 2.67. The number of imide groups is 1. The van der Waals surface area contributed by atoms with Crippen LogP contribution in [0.2, 0.25) is 0 Å². The molecule has 0 aromatic heterocycles. The zero-order valence-electron chi connectivity index (χ0n) is 11.9. The number of carbonyl (C=O) groups is 3. The number of rotatable bonds is 2. The highest BCUT2D eigenvalue weighted by atomic mass is 79.9. The van der Waals surface area contributed by atoms with Crippen LogP contribution in [0.3, 0.4) is 0 Å². The first-order valence-electron chi connectivity index (χ1n) is 7.41. The normalized spacial score (nSPS) is 38.3. The molecule has 7 heteroatoms. The average molecular weight is 443 g/mol. The summed E-state index contributed by atoms with van der Waals surface area (Å²) in [5, 5.41) is 8.95. The molecule has 0 spiro atoms. The fraction of sp³-hybridized carbons (Fsp3) is 0.438. The van der Waals surface area contributed by atoms with Gasteiger partial charge in [-0.3, -0.25) is 14.5 Å². The number of carboxylic acid groups (broad SMARTS) is 1. The number of fused-ring (bicyclic) bond motifs is 5. The number of nitrogens with zero attached hydrogens (tertiary/aromatic N) is 1. The van der Waals surface area contributed by atoms with E-state index in [0.29, 0.717) is 5.69 Å². The molecule has 2 bridgehead atoms. The molecule has 3 aliphatic rings. The second-order valence-electron chi connectivity index (χ2n) is 6.37. The fourth-order valence-corrected chi connectivity index (χ4v) is 6.23.